The molecule has 96 valence electrons. The molecule has 1 aromatic rings. The number of rotatable bonds is 4. The van der Waals surface area contributed by atoms with E-state index in [4.69, 9.17) is 21.6 Å². The van der Waals surface area contributed by atoms with Crippen molar-refractivity contribution >= 4 is 11.6 Å². The summed E-state index contributed by atoms with van der Waals surface area (Å²) in [6.07, 6.45) is 4.89. The molecule has 1 aliphatic rings. The molecular weight excluding hydrogens is 246 g/mol. The summed E-state index contributed by atoms with van der Waals surface area (Å²) in [6, 6.07) is 9.41. The number of hydrogen-bond acceptors (Lipinski definition) is 2. The van der Waals surface area contributed by atoms with Gasteiger partial charge in [0.2, 0.25) is 0 Å². The van der Waals surface area contributed by atoms with Gasteiger partial charge in [-0.3, -0.25) is 0 Å². The smallest absolute Gasteiger partial charge is 0.119 e. The van der Waals surface area contributed by atoms with E-state index in [0.717, 1.165) is 18.2 Å². The van der Waals surface area contributed by atoms with Gasteiger partial charge in [-0.25, -0.2) is 0 Å². The average Bonchev–Trinajstić information content (AvgIpc) is 2.46. The van der Waals surface area contributed by atoms with Gasteiger partial charge < -0.3 is 4.74 Å². The molecule has 0 heterocycles. The van der Waals surface area contributed by atoms with Crippen molar-refractivity contribution in [2.45, 2.75) is 25.7 Å². The number of hydrogen-bond donors (Lipinski definition) is 0. The summed E-state index contributed by atoms with van der Waals surface area (Å²) in [5, 5.41) is 8.71. The molecule has 1 fully saturated rings. The molecule has 0 radical (unpaired) electrons. The Kier molecular flexibility index (Phi) is 4.90. The lowest BCUT2D eigenvalue weighted by Crippen LogP contribution is -2.20. The van der Waals surface area contributed by atoms with Crippen molar-refractivity contribution in [2.75, 3.05) is 12.5 Å². The minimum Gasteiger partial charge on any atom is -0.493 e. The molecule has 0 aliphatic heterocycles. The standard InChI is InChI=1S/C15H18ClNO/c16-9-12-1-3-14(4-2-12)11-18-15-7-5-13(10-17)6-8-15/h5-8,12,14H,1-4,9,11H2. The average molecular weight is 264 g/mol. The van der Waals surface area contributed by atoms with Gasteiger partial charge >= 0.3 is 0 Å². The molecule has 0 aromatic heterocycles. The summed E-state index contributed by atoms with van der Waals surface area (Å²) in [5.74, 6) is 3.01. The van der Waals surface area contributed by atoms with E-state index in [1.54, 1.807) is 12.1 Å². The lowest BCUT2D eigenvalue weighted by molar-refractivity contribution is 0.189. The van der Waals surface area contributed by atoms with Crippen molar-refractivity contribution in [3.05, 3.63) is 29.8 Å². The highest BCUT2D eigenvalue weighted by molar-refractivity contribution is 6.18. The van der Waals surface area contributed by atoms with Gasteiger partial charge in [0.1, 0.15) is 5.75 Å². The van der Waals surface area contributed by atoms with Gasteiger partial charge in [0.15, 0.2) is 0 Å². The van der Waals surface area contributed by atoms with Crippen molar-refractivity contribution in [1.82, 2.24) is 0 Å². The lowest BCUT2D eigenvalue weighted by atomic mass is 9.83. The van der Waals surface area contributed by atoms with E-state index in [1.807, 2.05) is 12.1 Å². The maximum Gasteiger partial charge on any atom is 0.119 e. The third-order valence-corrected chi connectivity index (χ3v) is 4.09. The molecule has 1 aromatic carbocycles. The number of halogens is 1. The van der Waals surface area contributed by atoms with E-state index >= 15 is 0 Å². The summed E-state index contributed by atoms with van der Waals surface area (Å²) in [6.45, 7) is 0.779. The van der Waals surface area contributed by atoms with Crippen LogP contribution >= 0.6 is 11.6 Å². The van der Waals surface area contributed by atoms with E-state index in [1.165, 1.54) is 25.7 Å². The van der Waals surface area contributed by atoms with Gasteiger partial charge in [0.05, 0.1) is 18.2 Å². The first-order chi connectivity index (χ1) is 8.81. The first kappa shape index (κ1) is 13.2. The van der Waals surface area contributed by atoms with E-state index in [2.05, 4.69) is 6.07 Å². The second-order valence-corrected chi connectivity index (χ2v) is 5.30. The highest BCUT2D eigenvalue weighted by Crippen LogP contribution is 2.29. The van der Waals surface area contributed by atoms with Crippen LogP contribution in [0.25, 0.3) is 0 Å². The molecule has 2 nitrogen and oxygen atoms in total. The summed E-state index contributed by atoms with van der Waals surface area (Å²) >= 11 is 5.87. The Morgan fingerprint density at radius 2 is 1.72 bits per heavy atom. The molecule has 1 aliphatic carbocycles. The summed E-state index contributed by atoms with van der Waals surface area (Å²) < 4.78 is 5.77. The van der Waals surface area contributed by atoms with Crippen LogP contribution in [-0.2, 0) is 0 Å². The molecule has 0 amide bonds. The fourth-order valence-electron chi connectivity index (χ4n) is 2.39. The molecule has 0 unspecified atom stereocenters. The minimum atomic E-state index is 0.653. The van der Waals surface area contributed by atoms with E-state index < -0.39 is 0 Å². The largest absolute Gasteiger partial charge is 0.493 e. The zero-order valence-electron chi connectivity index (χ0n) is 10.4. The summed E-state index contributed by atoms with van der Waals surface area (Å²) in [7, 11) is 0. The number of nitriles is 1. The Bertz CT molecular complexity index is 401. The first-order valence-corrected chi connectivity index (χ1v) is 7.04. The quantitative estimate of drug-likeness (QED) is 0.770. The maximum absolute atomic E-state index is 8.71. The van der Waals surface area contributed by atoms with E-state index in [9.17, 15) is 0 Å². The fourth-order valence-corrected chi connectivity index (χ4v) is 2.70. The number of benzene rings is 1. The molecule has 0 atom stereocenters. The molecule has 2 rings (SSSR count). The Morgan fingerprint density at radius 3 is 2.28 bits per heavy atom. The molecule has 18 heavy (non-hydrogen) atoms. The van der Waals surface area contributed by atoms with Gasteiger partial charge in [-0.15, -0.1) is 11.6 Å². The van der Waals surface area contributed by atoms with E-state index in [-0.39, 0.29) is 0 Å². The minimum absolute atomic E-state index is 0.653. The molecule has 0 spiro atoms. The molecule has 0 N–H and O–H groups in total. The monoisotopic (exact) mass is 263 g/mol. The van der Waals surface area contributed by atoms with Crippen LogP contribution in [0.1, 0.15) is 31.2 Å². The highest BCUT2D eigenvalue weighted by Gasteiger charge is 2.20. The Hall–Kier alpha value is -1.20. The van der Waals surface area contributed by atoms with Crippen LogP contribution in [0.2, 0.25) is 0 Å². The highest BCUT2D eigenvalue weighted by atomic mass is 35.5. The van der Waals surface area contributed by atoms with Crippen LogP contribution in [0, 0.1) is 23.2 Å². The van der Waals surface area contributed by atoms with Crippen molar-refractivity contribution in [3.8, 4) is 11.8 Å². The number of nitrogens with zero attached hydrogens (tertiary/aromatic N) is 1. The Balaban J connectivity index is 1.76. The van der Waals surface area contributed by atoms with Crippen molar-refractivity contribution in [2.24, 2.45) is 11.8 Å². The Morgan fingerprint density at radius 1 is 1.11 bits per heavy atom. The SMILES string of the molecule is N#Cc1ccc(OCC2CCC(CCl)CC2)cc1. The van der Waals surface area contributed by atoms with E-state index in [0.29, 0.717) is 17.4 Å². The van der Waals surface area contributed by atoms with Gasteiger partial charge in [-0.05, 0) is 61.8 Å². The molecule has 0 bridgehead atoms. The van der Waals surface area contributed by atoms with Crippen molar-refractivity contribution in [1.29, 1.82) is 5.26 Å². The van der Waals surface area contributed by atoms with Gasteiger partial charge in [0.25, 0.3) is 0 Å². The van der Waals surface area contributed by atoms with Crippen LogP contribution in [-0.4, -0.2) is 12.5 Å². The van der Waals surface area contributed by atoms with Gasteiger partial charge in [-0.1, -0.05) is 0 Å². The molecule has 0 saturated heterocycles. The lowest BCUT2D eigenvalue weighted by Gasteiger charge is -2.27. The van der Waals surface area contributed by atoms with Crippen LogP contribution in [0.4, 0.5) is 0 Å². The predicted octanol–water partition coefficient (Wildman–Crippen LogP) is 3.98. The second-order valence-electron chi connectivity index (χ2n) is 4.99. The van der Waals surface area contributed by atoms with Crippen LogP contribution in [0.3, 0.4) is 0 Å². The topological polar surface area (TPSA) is 33.0 Å². The van der Waals surface area contributed by atoms with Crippen LogP contribution < -0.4 is 4.74 Å². The Labute approximate surface area is 114 Å². The molecular formula is C15H18ClNO. The summed E-state index contributed by atoms with van der Waals surface area (Å²) in [5.41, 5.74) is 0.671. The predicted molar refractivity (Wildman–Crippen MR) is 72.8 cm³/mol. The second kappa shape index (κ2) is 6.66. The fraction of sp³-hybridized carbons (Fsp3) is 0.533. The first-order valence-electron chi connectivity index (χ1n) is 6.50. The zero-order valence-corrected chi connectivity index (χ0v) is 11.2. The summed E-state index contributed by atoms with van der Waals surface area (Å²) in [4.78, 5) is 0. The van der Waals surface area contributed by atoms with Crippen LogP contribution in [0.5, 0.6) is 5.75 Å². The van der Waals surface area contributed by atoms with Crippen LogP contribution in [0.15, 0.2) is 24.3 Å². The van der Waals surface area contributed by atoms with Gasteiger partial charge in [0, 0.05) is 5.88 Å². The number of ether oxygens (including phenoxy) is 1. The normalized spacial score (nSPS) is 23.3. The molecule has 3 heteroatoms. The maximum atomic E-state index is 8.71. The zero-order chi connectivity index (χ0) is 12.8. The molecule has 1 saturated carbocycles. The van der Waals surface area contributed by atoms with Gasteiger partial charge in [-0.2, -0.15) is 5.26 Å². The number of alkyl halides is 1. The third-order valence-electron chi connectivity index (χ3n) is 3.65. The third kappa shape index (κ3) is 3.65. The van der Waals surface area contributed by atoms with Crippen molar-refractivity contribution in [3.63, 3.8) is 0 Å². The van der Waals surface area contributed by atoms with Crippen molar-refractivity contribution < 1.29 is 4.74 Å².